The Morgan fingerprint density at radius 2 is 1.68 bits per heavy atom. The minimum absolute atomic E-state index is 0.0233. The van der Waals surface area contributed by atoms with Crippen LogP contribution in [0, 0.1) is 6.92 Å². The Morgan fingerprint density at radius 1 is 1.03 bits per heavy atom. The van der Waals surface area contributed by atoms with Crippen molar-refractivity contribution >= 4 is 51.2 Å². The normalized spacial score (nSPS) is 14.2. The van der Waals surface area contributed by atoms with Crippen molar-refractivity contribution in [3.63, 3.8) is 0 Å². The van der Waals surface area contributed by atoms with Crippen LogP contribution in [0.25, 0.3) is 6.08 Å². The summed E-state index contributed by atoms with van der Waals surface area (Å²) in [5, 5.41) is 0.168. The van der Waals surface area contributed by atoms with Gasteiger partial charge in [-0.2, -0.15) is 0 Å². The Morgan fingerprint density at radius 3 is 2.29 bits per heavy atom. The first-order chi connectivity index (χ1) is 14.7. The number of benzene rings is 2. The predicted octanol–water partition coefficient (Wildman–Crippen LogP) is 4.33. The van der Waals surface area contributed by atoms with Gasteiger partial charge in [-0.15, -0.1) is 0 Å². The SMILES string of the molecule is CCOc1cc(C=C2C(=O)N(C)C(=S)N(C)C2=O)c(Br)cc1OCc1cccc(C)c1. The highest BCUT2D eigenvalue weighted by molar-refractivity contribution is 9.10. The molecule has 162 valence electrons. The van der Waals surface area contributed by atoms with Crippen LogP contribution in [0.4, 0.5) is 0 Å². The van der Waals surface area contributed by atoms with E-state index in [1.54, 1.807) is 26.2 Å². The fourth-order valence-electron chi connectivity index (χ4n) is 3.14. The highest BCUT2D eigenvalue weighted by Gasteiger charge is 2.35. The molecule has 0 radical (unpaired) electrons. The van der Waals surface area contributed by atoms with Gasteiger partial charge in [0.1, 0.15) is 12.2 Å². The molecule has 1 heterocycles. The molecule has 2 amide bonds. The lowest BCUT2D eigenvalue weighted by molar-refractivity contribution is -0.132. The van der Waals surface area contributed by atoms with Crippen molar-refractivity contribution in [2.45, 2.75) is 20.5 Å². The van der Waals surface area contributed by atoms with E-state index < -0.39 is 11.8 Å². The maximum absolute atomic E-state index is 12.6. The summed E-state index contributed by atoms with van der Waals surface area (Å²) in [5.74, 6) is 0.197. The average molecular weight is 503 g/mol. The lowest BCUT2D eigenvalue weighted by atomic mass is 10.1. The quantitative estimate of drug-likeness (QED) is 0.334. The van der Waals surface area contributed by atoms with Crippen LogP contribution in [0.1, 0.15) is 23.6 Å². The molecule has 0 unspecified atom stereocenters. The van der Waals surface area contributed by atoms with Gasteiger partial charge >= 0.3 is 0 Å². The topological polar surface area (TPSA) is 59.1 Å². The summed E-state index contributed by atoms with van der Waals surface area (Å²) in [7, 11) is 3.09. The number of likely N-dealkylation sites (N-methyl/N-ethyl adjacent to an activating group) is 2. The lowest BCUT2D eigenvalue weighted by Gasteiger charge is -2.31. The van der Waals surface area contributed by atoms with E-state index in [1.807, 2.05) is 32.0 Å². The van der Waals surface area contributed by atoms with Gasteiger partial charge in [0.15, 0.2) is 16.6 Å². The molecule has 31 heavy (non-hydrogen) atoms. The molecule has 1 aliphatic rings. The number of carbonyl (C=O) groups excluding carboxylic acids is 2. The summed E-state index contributed by atoms with van der Waals surface area (Å²) in [5.41, 5.74) is 2.85. The summed E-state index contributed by atoms with van der Waals surface area (Å²) >= 11 is 8.66. The molecule has 2 aromatic rings. The Kier molecular flexibility index (Phi) is 7.12. The van der Waals surface area contributed by atoms with Crippen molar-refractivity contribution in [3.05, 3.63) is 63.1 Å². The van der Waals surface area contributed by atoms with Crippen LogP contribution in [0.3, 0.4) is 0 Å². The summed E-state index contributed by atoms with van der Waals surface area (Å²) in [6, 6.07) is 11.6. The van der Waals surface area contributed by atoms with Gasteiger partial charge < -0.3 is 9.47 Å². The lowest BCUT2D eigenvalue weighted by Crippen LogP contribution is -2.52. The molecule has 1 aliphatic heterocycles. The number of ether oxygens (including phenoxy) is 2. The molecule has 3 rings (SSSR count). The van der Waals surface area contributed by atoms with E-state index in [9.17, 15) is 9.59 Å². The second kappa shape index (κ2) is 9.62. The highest BCUT2D eigenvalue weighted by Crippen LogP contribution is 2.36. The zero-order valence-electron chi connectivity index (χ0n) is 17.8. The molecule has 0 aliphatic carbocycles. The highest BCUT2D eigenvalue weighted by atomic mass is 79.9. The fourth-order valence-corrected chi connectivity index (χ4v) is 3.74. The first kappa shape index (κ1) is 23.0. The van der Waals surface area contributed by atoms with E-state index in [4.69, 9.17) is 21.7 Å². The Labute approximate surface area is 195 Å². The van der Waals surface area contributed by atoms with Crippen molar-refractivity contribution < 1.29 is 19.1 Å². The van der Waals surface area contributed by atoms with Gasteiger partial charge in [-0.05, 0) is 55.4 Å². The zero-order valence-corrected chi connectivity index (χ0v) is 20.2. The van der Waals surface area contributed by atoms with Crippen LogP contribution >= 0.6 is 28.1 Å². The molecule has 1 saturated heterocycles. The number of amides is 2. The Bertz CT molecular complexity index is 1060. The van der Waals surface area contributed by atoms with Gasteiger partial charge in [0.05, 0.1) is 6.61 Å². The van der Waals surface area contributed by atoms with Crippen LogP contribution in [0.5, 0.6) is 11.5 Å². The van der Waals surface area contributed by atoms with E-state index in [0.717, 1.165) is 11.1 Å². The number of rotatable bonds is 6. The molecule has 2 aromatic carbocycles. The second-order valence-corrected chi connectivity index (χ2v) is 8.32. The van der Waals surface area contributed by atoms with Gasteiger partial charge in [0.2, 0.25) is 0 Å². The third kappa shape index (κ3) is 4.97. The van der Waals surface area contributed by atoms with Gasteiger partial charge in [0, 0.05) is 18.6 Å². The van der Waals surface area contributed by atoms with Crippen LogP contribution < -0.4 is 9.47 Å². The van der Waals surface area contributed by atoms with E-state index in [1.165, 1.54) is 15.9 Å². The number of nitrogens with zero attached hydrogens (tertiary/aromatic N) is 2. The monoisotopic (exact) mass is 502 g/mol. The number of halogens is 1. The van der Waals surface area contributed by atoms with Crippen LogP contribution in [0.15, 0.2) is 46.4 Å². The van der Waals surface area contributed by atoms with Crippen molar-refractivity contribution in [2.24, 2.45) is 0 Å². The molecule has 0 saturated carbocycles. The summed E-state index contributed by atoms with van der Waals surface area (Å²) < 4.78 is 12.4. The molecule has 0 bridgehead atoms. The first-order valence-electron chi connectivity index (χ1n) is 9.69. The Balaban J connectivity index is 1.94. The van der Waals surface area contributed by atoms with E-state index >= 15 is 0 Å². The molecule has 0 atom stereocenters. The molecule has 0 aromatic heterocycles. The minimum Gasteiger partial charge on any atom is -0.490 e. The molecular formula is C23H23BrN2O4S. The number of thiocarbonyl (C=S) groups is 1. The van der Waals surface area contributed by atoms with Crippen molar-refractivity contribution in [1.82, 2.24) is 9.80 Å². The summed E-state index contributed by atoms with van der Waals surface area (Å²) in [6.45, 7) is 4.74. The number of aryl methyl sites for hydroxylation is 1. The number of hydrogen-bond donors (Lipinski definition) is 0. The van der Waals surface area contributed by atoms with Crippen molar-refractivity contribution in [1.29, 1.82) is 0 Å². The maximum Gasteiger partial charge on any atom is 0.265 e. The van der Waals surface area contributed by atoms with Gasteiger partial charge in [0.25, 0.3) is 11.8 Å². The molecule has 0 spiro atoms. The van der Waals surface area contributed by atoms with Gasteiger partial charge in [-0.1, -0.05) is 45.8 Å². The third-order valence-corrected chi connectivity index (χ3v) is 6.02. The molecule has 1 fully saturated rings. The first-order valence-corrected chi connectivity index (χ1v) is 10.9. The van der Waals surface area contributed by atoms with Crippen molar-refractivity contribution in [2.75, 3.05) is 20.7 Å². The summed E-state index contributed by atoms with van der Waals surface area (Å²) in [6.07, 6.45) is 1.54. The van der Waals surface area contributed by atoms with Gasteiger partial charge in [-0.3, -0.25) is 19.4 Å². The van der Waals surface area contributed by atoms with Crippen LogP contribution in [-0.2, 0) is 16.2 Å². The molecule has 6 nitrogen and oxygen atoms in total. The minimum atomic E-state index is -0.447. The van der Waals surface area contributed by atoms with Gasteiger partial charge in [-0.25, -0.2) is 0 Å². The zero-order chi connectivity index (χ0) is 22.7. The molecular weight excluding hydrogens is 480 g/mol. The maximum atomic E-state index is 12.6. The largest absolute Gasteiger partial charge is 0.490 e. The van der Waals surface area contributed by atoms with Crippen LogP contribution in [-0.4, -0.2) is 47.4 Å². The Hall–Kier alpha value is -2.71. The summed E-state index contributed by atoms with van der Waals surface area (Å²) in [4.78, 5) is 27.8. The van der Waals surface area contributed by atoms with E-state index in [2.05, 4.69) is 22.0 Å². The smallest absolute Gasteiger partial charge is 0.265 e. The standard InChI is InChI=1S/C23H23BrN2O4S/c1-5-29-19-11-16(10-17-21(27)25(3)23(31)26(4)22(17)28)18(24)12-20(19)30-13-15-8-6-7-14(2)9-15/h6-12H,5,13H2,1-4H3. The predicted molar refractivity (Wildman–Crippen MR) is 127 cm³/mol. The number of hydrogen-bond acceptors (Lipinski definition) is 5. The van der Waals surface area contributed by atoms with Crippen molar-refractivity contribution in [3.8, 4) is 11.5 Å². The van der Waals surface area contributed by atoms with E-state index in [-0.39, 0.29) is 10.7 Å². The number of carbonyl (C=O) groups is 2. The molecule has 8 heteroatoms. The fraction of sp³-hybridized carbons (Fsp3) is 0.261. The molecule has 0 N–H and O–H groups in total. The van der Waals surface area contributed by atoms with Crippen LogP contribution in [0.2, 0.25) is 0 Å². The average Bonchev–Trinajstić information content (AvgIpc) is 2.75. The van der Waals surface area contributed by atoms with E-state index in [0.29, 0.717) is 34.7 Å². The second-order valence-electron chi connectivity index (χ2n) is 7.10. The third-order valence-electron chi connectivity index (χ3n) is 4.78.